The molecule has 4 nitrogen and oxygen atoms in total. The van der Waals surface area contributed by atoms with Crippen molar-refractivity contribution in [2.24, 2.45) is 11.1 Å². The zero-order chi connectivity index (χ0) is 14.0. The Kier molecular flexibility index (Phi) is 8.70. The second-order valence-corrected chi connectivity index (χ2v) is 5.53. The Morgan fingerprint density at radius 3 is 2.39 bits per heavy atom. The summed E-state index contributed by atoms with van der Waals surface area (Å²) in [6.45, 7) is 1.36. The normalized spacial score (nSPS) is 13.8. The Hall–Kier alpha value is -1.20. The molecule has 23 heavy (non-hydrogen) atoms. The van der Waals surface area contributed by atoms with Gasteiger partial charge in [-0.25, -0.2) is 0 Å². The third-order valence-electron chi connectivity index (χ3n) is 3.87. The van der Waals surface area contributed by atoms with Gasteiger partial charge in [0.25, 0.3) is 0 Å². The Morgan fingerprint density at radius 2 is 1.78 bits per heavy atom. The molecule has 0 radical (unpaired) electrons. The van der Waals surface area contributed by atoms with Crippen LogP contribution in [0.4, 0.5) is 5.69 Å². The van der Waals surface area contributed by atoms with Crippen molar-refractivity contribution in [3.8, 4) is 16.9 Å². The molecule has 0 bridgehead atoms. The van der Waals surface area contributed by atoms with Crippen LogP contribution in [-0.4, -0.2) is 18.1 Å². The molecular formula is C16H22Cl3N3O. The predicted octanol–water partition coefficient (Wildman–Crippen LogP) is 3.71. The van der Waals surface area contributed by atoms with E-state index < -0.39 is 0 Å². The zero-order valence-corrected chi connectivity index (χ0v) is 15.1. The SMILES string of the molecule is Cl.Cl.Cl.NCC1(COc2cncc(-c3cccc(N)c3)c2)CC1. The number of hydrogen-bond acceptors (Lipinski definition) is 4. The van der Waals surface area contributed by atoms with E-state index in [0.717, 1.165) is 35.4 Å². The van der Waals surface area contributed by atoms with Gasteiger partial charge in [-0.05, 0) is 36.6 Å². The molecule has 128 valence electrons. The molecule has 0 saturated heterocycles. The van der Waals surface area contributed by atoms with Crippen LogP contribution in [0.1, 0.15) is 12.8 Å². The fraction of sp³-hybridized carbons (Fsp3) is 0.312. The van der Waals surface area contributed by atoms with E-state index in [1.807, 2.05) is 36.5 Å². The molecule has 0 amide bonds. The summed E-state index contributed by atoms with van der Waals surface area (Å²) < 4.78 is 5.84. The Bertz CT molecular complexity index is 621. The minimum atomic E-state index is 0. The fourth-order valence-corrected chi connectivity index (χ4v) is 2.19. The van der Waals surface area contributed by atoms with E-state index in [9.17, 15) is 0 Å². The van der Waals surface area contributed by atoms with Crippen LogP contribution in [0.2, 0.25) is 0 Å². The number of nitrogen functional groups attached to an aromatic ring is 1. The minimum absolute atomic E-state index is 0. The lowest BCUT2D eigenvalue weighted by Crippen LogP contribution is -2.22. The summed E-state index contributed by atoms with van der Waals surface area (Å²) in [6, 6.07) is 9.75. The number of nitrogens with two attached hydrogens (primary N) is 2. The van der Waals surface area contributed by atoms with E-state index in [1.165, 1.54) is 0 Å². The fourth-order valence-electron chi connectivity index (χ4n) is 2.19. The Morgan fingerprint density at radius 1 is 1.04 bits per heavy atom. The molecule has 2 aromatic rings. The summed E-state index contributed by atoms with van der Waals surface area (Å²) in [4.78, 5) is 4.24. The van der Waals surface area contributed by atoms with Crippen LogP contribution in [0.15, 0.2) is 42.7 Å². The molecule has 0 spiro atoms. The minimum Gasteiger partial charge on any atom is -0.491 e. The van der Waals surface area contributed by atoms with Gasteiger partial charge in [-0.3, -0.25) is 4.98 Å². The second-order valence-electron chi connectivity index (χ2n) is 5.53. The second kappa shape index (κ2) is 9.18. The van der Waals surface area contributed by atoms with Gasteiger partial charge in [0.05, 0.1) is 12.8 Å². The van der Waals surface area contributed by atoms with Crippen molar-refractivity contribution >= 4 is 42.9 Å². The number of ether oxygens (including phenoxy) is 1. The number of benzene rings is 1. The van der Waals surface area contributed by atoms with Crippen molar-refractivity contribution in [2.75, 3.05) is 18.9 Å². The van der Waals surface area contributed by atoms with Crippen LogP contribution in [-0.2, 0) is 0 Å². The molecule has 3 rings (SSSR count). The molecule has 0 unspecified atom stereocenters. The molecule has 1 fully saturated rings. The molecular weight excluding hydrogens is 357 g/mol. The molecule has 4 N–H and O–H groups in total. The molecule has 1 aliphatic rings. The van der Waals surface area contributed by atoms with E-state index in [2.05, 4.69) is 4.98 Å². The highest BCUT2D eigenvalue weighted by Crippen LogP contribution is 2.44. The quantitative estimate of drug-likeness (QED) is 0.778. The first-order valence-corrected chi connectivity index (χ1v) is 6.85. The van der Waals surface area contributed by atoms with Gasteiger partial charge >= 0.3 is 0 Å². The standard InChI is InChI=1S/C16H19N3O.3ClH/c17-10-16(4-5-16)11-20-15-7-13(8-19-9-15)12-2-1-3-14(18)6-12;;;/h1-3,6-9H,4-5,10-11,17-18H2;3*1H. The van der Waals surface area contributed by atoms with Gasteiger partial charge in [0.2, 0.25) is 0 Å². The first-order chi connectivity index (χ1) is 9.71. The molecule has 1 aromatic carbocycles. The number of anilines is 1. The highest BCUT2D eigenvalue weighted by molar-refractivity contribution is 5.86. The number of rotatable bonds is 5. The summed E-state index contributed by atoms with van der Waals surface area (Å²) in [5.41, 5.74) is 14.6. The van der Waals surface area contributed by atoms with Crippen LogP contribution >= 0.6 is 37.2 Å². The van der Waals surface area contributed by atoms with E-state index in [-0.39, 0.29) is 42.6 Å². The average Bonchev–Trinajstić information content (AvgIpc) is 3.26. The van der Waals surface area contributed by atoms with E-state index in [1.54, 1.807) is 6.20 Å². The third kappa shape index (κ3) is 5.43. The monoisotopic (exact) mass is 377 g/mol. The lowest BCUT2D eigenvalue weighted by atomic mass is 10.1. The van der Waals surface area contributed by atoms with Crippen molar-refractivity contribution in [1.82, 2.24) is 4.98 Å². The van der Waals surface area contributed by atoms with Gasteiger partial charge in [0.15, 0.2) is 0 Å². The van der Waals surface area contributed by atoms with Crippen LogP contribution < -0.4 is 16.2 Å². The molecule has 1 heterocycles. The highest BCUT2D eigenvalue weighted by atomic mass is 35.5. The van der Waals surface area contributed by atoms with Crippen LogP contribution in [0.5, 0.6) is 5.75 Å². The number of halogens is 3. The summed E-state index contributed by atoms with van der Waals surface area (Å²) in [7, 11) is 0. The van der Waals surface area contributed by atoms with Crippen LogP contribution in [0.25, 0.3) is 11.1 Å². The lowest BCUT2D eigenvalue weighted by Gasteiger charge is -2.14. The van der Waals surface area contributed by atoms with E-state index >= 15 is 0 Å². The maximum absolute atomic E-state index is 5.84. The van der Waals surface area contributed by atoms with Crippen LogP contribution in [0, 0.1) is 5.41 Å². The zero-order valence-electron chi connectivity index (χ0n) is 12.6. The van der Waals surface area contributed by atoms with Crippen molar-refractivity contribution < 1.29 is 4.74 Å². The Balaban J connectivity index is 0.00000161. The van der Waals surface area contributed by atoms with Crippen molar-refractivity contribution in [1.29, 1.82) is 0 Å². The summed E-state index contributed by atoms with van der Waals surface area (Å²) in [5.74, 6) is 0.782. The molecule has 0 aliphatic heterocycles. The van der Waals surface area contributed by atoms with Crippen molar-refractivity contribution in [2.45, 2.75) is 12.8 Å². The third-order valence-corrected chi connectivity index (χ3v) is 3.87. The number of nitrogens with zero attached hydrogens (tertiary/aromatic N) is 1. The van der Waals surface area contributed by atoms with Gasteiger partial charge in [0, 0.05) is 29.4 Å². The molecule has 1 aromatic heterocycles. The maximum atomic E-state index is 5.84. The topological polar surface area (TPSA) is 74.2 Å². The smallest absolute Gasteiger partial charge is 0.138 e. The predicted molar refractivity (Wildman–Crippen MR) is 102 cm³/mol. The van der Waals surface area contributed by atoms with Crippen LogP contribution in [0.3, 0.4) is 0 Å². The van der Waals surface area contributed by atoms with Crippen molar-refractivity contribution in [3.05, 3.63) is 42.7 Å². The Labute approximate surface area is 155 Å². The van der Waals surface area contributed by atoms with Gasteiger partial charge in [-0.2, -0.15) is 0 Å². The van der Waals surface area contributed by atoms with Gasteiger partial charge in [-0.15, -0.1) is 37.2 Å². The van der Waals surface area contributed by atoms with E-state index in [0.29, 0.717) is 13.2 Å². The highest BCUT2D eigenvalue weighted by Gasteiger charge is 2.42. The molecule has 1 aliphatic carbocycles. The molecule has 0 atom stereocenters. The number of pyridine rings is 1. The number of aromatic nitrogens is 1. The summed E-state index contributed by atoms with van der Waals surface area (Å²) in [5, 5.41) is 0. The largest absolute Gasteiger partial charge is 0.491 e. The first-order valence-electron chi connectivity index (χ1n) is 6.85. The molecule has 1 saturated carbocycles. The van der Waals surface area contributed by atoms with E-state index in [4.69, 9.17) is 16.2 Å². The number of hydrogen-bond donors (Lipinski definition) is 2. The summed E-state index contributed by atoms with van der Waals surface area (Å²) in [6.07, 6.45) is 5.87. The van der Waals surface area contributed by atoms with Gasteiger partial charge in [-0.1, -0.05) is 12.1 Å². The average molecular weight is 379 g/mol. The maximum Gasteiger partial charge on any atom is 0.138 e. The van der Waals surface area contributed by atoms with Gasteiger partial charge < -0.3 is 16.2 Å². The molecule has 7 heteroatoms. The lowest BCUT2D eigenvalue weighted by molar-refractivity contribution is 0.238. The van der Waals surface area contributed by atoms with Gasteiger partial charge in [0.1, 0.15) is 5.75 Å². The van der Waals surface area contributed by atoms with Crippen molar-refractivity contribution in [3.63, 3.8) is 0 Å². The first kappa shape index (κ1) is 21.8. The summed E-state index contributed by atoms with van der Waals surface area (Å²) >= 11 is 0.